The standard InChI is InChI=1S/C19H25N5O3/c25-17(22-16-7-3-4-13-11-20-23-18(13)16)10-15-12-27-9-8-24(15)19(26)21-14-5-1-2-6-14/h3-4,7,11,14-15H,1-2,5-6,8-10,12H2,(H,20,23)(H,21,26)(H,22,25)/t15-/m0/s1. The second-order valence-electron chi connectivity index (χ2n) is 7.25. The average molecular weight is 371 g/mol. The van der Waals surface area contributed by atoms with Gasteiger partial charge in [-0.3, -0.25) is 9.89 Å². The first-order valence-electron chi connectivity index (χ1n) is 9.57. The summed E-state index contributed by atoms with van der Waals surface area (Å²) in [5.74, 6) is -0.147. The maximum Gasteiger partial charge on any atom is 0.318 e. The van der Waals surface area contributed by atoms with Gasteiger partial charge in [0.2, 0.25) is 5.91 Å². The highest BCUT2D eigenvalue weighted by atomic mass is 16.5. The summed E-state index contributed by atoms with van der Waals surface area (Å²) in [6.07, 6.45) is 6.32. The van der Waals surface area contributed by atoms with E-state index in [4.69, 9.17) is 4.74 Å². The zero-order valence-corrected chi connectivity index (χ0v) is 15.2. The molecule has 0 bridgehead atoms. The van der Waals surface area contributed by atoms with Crippen molar-refractivity contribution in [3.05, 3.63) is 24.4 Å². The third-order valence-electron chi connectivity index (χ3n) is 5.34. The van der Waals surface area contributed by atoms with E-state index in [0.717, 1.165) is 23.7 Å². The van der Waals surface area contributed by atoms with E-state index in [9.17, 15) is 9.59 Å². The van der Waals surface area contributed by atoms with Gasteiger partial charge in [-0.15, -0.1) is 0 Å². The molecule has 144 valence electrons. The summed E-state index contributed by atoms with van der Waals surface area (Å²) >= 11 is 0. The van der Waals surface area contributed by atoms with E-state index in [1.54, 1.807) is 11.1 Å². The predicted octanol–water partition coefficient (Wildman–Crippen LogP) is 2.24. The fourth-order valence-electron chi connectivity index (χ4n) is 3.91. The number of nitrogens with zero attached hydrogens (tertiary/aromatic N) is 2. The molecule has 3 N–H and O–H groups in total. The molecular weight excluding hydrogens is 346 g/mol. The van der Waals surface area contributed by atoms with Crippen LogP contribution >= 0.6 is 0 Å². The highest BCUT2D eigenvalue weighted by molar-refractivity contribution is 6.00. The van der Waals surface area contributed by atoms with Crippen LogP contribution in [0.15, 0.2) is 24.4 Å². The number of amides is 3. The topological polar surface area (TPSA) is 99.3 Å². The molecule has 1 saturated heterocycles. The number of ether oxygens (including phenoxy) is 1. The minimum absolute atomic E-state index is 0.0846. The number of fused-ring (bicyclic) bond motifs is 1. The molecule has 1 aliphatic heterocycles. The largest absolute Gasteiger partial charge is 0.377 e. The first kappa shape index (κ1) is 17.8. The Kier molecular flexibility index (Phi) is 5.24. The number of morpholine rings is 1. The van der Waals surface area contributed by atoms with Crippen LogP contribution < -0.4 is 10.6 Å². The van der Waals surface area contributed by atoms with Gasteiger partial charge in [0.25, 0.3) is 0 Å². The van der Waals surface area contributed by atoms with Gasteiger partial charge in [0, 0.05) is 24.4 Å². The van der Waals surface area contributed by atoms with E-state index in [0.29, 0.717) is 25.4 Å². The smallest absolute Gasteiger partial charge is 0.318 e. The summed E-state index contributed by atoms with van der Waals surface area (Å²) in [5.41, 5.74) is 1.48. The number of aromatic amines is 1. The van der Waals surface area contributed by atoms with E-state index < -0.39 is 0 Å². The van der Waals surface area contributed by atoms with Gasteiger partial charge in [-0.1, -0.05) is 25.0 Å². The fraction of sp³-hybridized carbons (Fsp3) is 0.526. The number of rotatable bonds is 4. The number of carbonyl (C=O) groups excluding carboxylic acids is 2. The van der Waals surface area contributed by atoms with Gasteiger partial charge in [-0.05, 0) is 18.9 Å². The number of para-hydroxylation sites is 1. The molecule has 27 heavy (non-hydrogen) atoms. The van der Waals surface area contributed by atoms with Crippen molar-refractivity contribution in [2.24, 2.45) is 0 Å². The van der Waals surface area contributed by atoms with Crippen LogP contribution in [0.3, 0.4) is 0 Å². The second kappa shape index (κ2) is 7.96. The average Bonchev–Trinajstić information content (AvgIpc) is 3.34. The lowest BCUT2D eigenvalue weighted by Crippen LogP contribution is -2.54. The molecule has 0 spiro atoms. The van der Waals surface area contributed by atoms with E-state index in [2.05, 4.69) is 20.8 Å². The van der Waals surface area contributed by atoms with Gasteiger partial charge in [0.1, 0.15) is 0 Å². The van der Waals surface area contributed by atoms with Crippen molar-refractivity contribution in [3.8, 4) is 0 Å². The lowest BCUT2D eigenvalue weighted by molar-refractivity contribution is -0.118. The molecule has 1 aliphatic carbocycles. The Balaban J connectivity index is 1.39. The Labute approximate surface area is 157 Å². The number of urea groups is 1. The molecule has 0 radical (unpaired) electrons. The quantitative estimate of drug-likeness (QED) is 0.767. The molecule has 1 aromatic heterocycles. The van der Waals surface area contributed by atoms with E-state index in [1.807, 2.05) is 18.2 Å². The molecule has 8 nitrogen and oxygen atoms in total. The number of hydrogen-bond donors (Lipinski definition) is 3. The highest BCUT2D eigenvalue weighted by Gasteiger charge is 2.31. The van der Waals surface area contributed by atoms with Crippen LogP contribution in [0.2, 0.25) is 0 Å². The normalized spacial score (nSPS) is 20.7. The van der Waals surface area contributed by atoms with Gasteiger partial charge in [-0.2, -0.15) is 5.10 Å². The van der Waals surface area contributed by atoms with Crippen LogP contribution in [0.5, 0.6) is 0 Å². The van der Waals surface area contributed by atoms with Crippen LogP contribution in [0.25, 0.3) is 10.9 Å². The van der Waals surface area contributed by atoms with Crippen LogP contribution in [-0.4, -0.2) is 58.9 Å². The minimum atomic E-state index is -0.263. The van der Waals surface area contributed by atoms with Crippen molar-refractivity contribution in [2.75, 3.05) is 25.1 Å². The molecule has 1 atom stereocenters. The van der Waals surface area contributed by atoms with Gasteiger partial charge in [0.15, 0.2) is 0 Å². The molecular formula is C19H25N5O3. The number of benzene rings is 1. The Morgan fingerprint density at radius 2 is 2.15 bits per heavy atom. The summed E-state index contributed by atoms with van der Waals surface area (Å²) in [7, 11) is 0. The van der Waals surface area contributed by atoms with Gasteiger partial charge < -0.3 is 20.3 Å². The second-order valence-corrected chi connectivity index (χ2v) is 7.25. The van der Waals surface area contributed by atoms with Crippen molar-refractivity contribution in [1.82, 2.24) is 20.4 Å². The lowest BCUT2D eigenvalue weighted by atomic mass is 10.1. The Bertz CT molecular complexity index is 815. The summed E-state index contributed by atoms with van der Waals surface area (Å²) in [5, 5.41) is 13.9. The monoisotopic (exact) mass is 371 g/mol. The van der Waals surface area contributed by atoms with Crippen molar-refractivity contribution in [3.63, 3.8) is 0 Å². The number of hydrogen-bond acceptors (Lipinski definition) is 4. The van der Waals surface area contributed by atoms with Crippen LogP contribution in [0.1, 0.15) is 32.1 Å². The summed E-state index contributed by atoms with van der Waals surface area (Å²) in [6, 6.07) is 5.55. The SMILES string of the molecule is O=C(C[C@H]1COCCN1C(=O)NC1CCCC1)Nc1cccc2cn[nH]c12. The third kappa shape index (κ3) is 4.05. The maximum absolute atomic E-state index is 12.7. The number of carbonyl (C=O) groups is 2. The summed E-state index contributed by atoms with van der Waals surface area (Å²) < 4.78 is 5.52. The van der Waals surface area contributed by atoms with Crippen molar-refractivity contribution in [1.29, 1.82) is 0 Å². The zero-order valence-electron chi connectivity index (χ0n) is 15.2. The summed E-state index contributed by atoms with van der Waals surface area (Å²) in [4.78, 5) is 27.0. The maximum atomic E-state index is 12.7. The first-order valence-corrected chi connectivity index (χ1v) is 9.57. The molecule has 4 rings (SSSR count). The molecule has 2 fully saturated rings. The minimum Gasteiger partial charge on any atom is -0.377 e. The van der Waals surface area contributed by atoms with Crippen LogP contribution in [-0.2, 0) is 9.53 Å². The number of nitrogens with one attached hydrogen (secondary N) is 3. The molecule has 3 amide bonds. The van der Waals surface area contributed by atoms with Gasteiger partial charge >= 0.3 is 6.03 Å². The Morgan fingerprint density at radius 1 is 1.30 bits per heavy atom. The first-order chi connectivity index (χ1) is 13.2. The molecule has 2 aromatic rings. The molecule has 2 aliphatic rings. The van der Waals surface area contributed by atoms with Crippen LogP contribution in [0.4, 0.5) is 10.5 Å². The van der Waals surface area contributed by atoms with Crippen molar-refractivity contribution in [2.45, 2.75) is 44.2 Å². The van der Waals surface area contributed by atoms with Crippen molar-refractivity contribution >= 4 is 28.5 Å². The molecule has 1 saturated carbocycles. The van der Waals surface area contributed by atoms with Crippen LogP contribution in [0, 0.1) is 0 Å². The fourth-order valence-corrected chi connectivity index (χ4v) is 3.91. The Hall–Kier alpha value is -2.61. The number of anilines is 1. The lowest BCUT2D eigenvalue weighted by Gasteiger charge is -2.36. The van der Waals surface area contributed by atoms with E-state index in [1.165, 1.54) is 12.8 Å². The predicted molar refractivity (Wildman–Crippen MR) is 101 cm³/mol. The van der Waals surface area contributed by atoms with E-state index >= 15 is 0 Å². The van der Waals surface area contributed by atoms with Gasteiger partial charge in [-0.25, -0.2) is 4.79 Å². The molecule has 0 unspecified atom stereocenters. The van der Waals surface area contributed by atoms with Gasteiger partial charge in [0.05, 0.1) is 36.7 Å². The zero-order chi connectivity index (χ0) is 18.6. The molecule has 2 heterocycles. The summed E-state index contributed by atoms with van der Waals surface area (Å²) in [6.45, 7) is 1.38. The highest BCUT2D eigenvalue weighted by Crippen LogP contribution is 2.22. The van der Waals surface area contributed by atoms with Crippen molar-refractivity contribution < 1.29 is 14.3 Å². The van der Waals surface area contributed by atoms with E-state index in [-0.39, 0.29) is 30.4 Å². The Morgan fingerprint density at radius 3 is 3.00 bits per heavy atom. The third-order valence-corrected chi connectivity index (χ3v) is 5.34. The molecule has 8 heteroatoms. The number of aromatic nitrogens is 2. The molecule has 1 aromatic carbocycles. The number of H-pyrrole nitrogens is 1.